The van der Waals surface area contributed by atoms with Crippen molar-refractivity contribution in [2.45, 2.75) is 13.1 Å². The van der Waals surface area contributed by atoms with E-state index in [1.54, 1.807) is 6.92 Å². The van der Waals surface area contributed by atoms with Gasteiger partial charge in [0.15, 0.2) is 0 Å². The molecule has 0 amide bonds. The standard InChI is InChI=1S/C13H10F3NO2/c1-7-5-10(12(18)19)11(17-7)8-3-2-4-9(6-8)13(14,15)16/h2-6,17H,1H3,(H,18,19). The van der Waals surface area contributed by atoms with Crippen molar-refractivity contribution in [2.75, 3.05) is 0 Å². The van der Waals surface area contributed by atoms with Crippen molar-refractivity contribution < 1.29 is 23.1 Å². The third-order valence-corrected chi connectivity index (χ3v) is 2.66. The van der Waals surface area contributed by atoms with E-state index in [0.717, 1.165) is 12.1 Å². The zero-order chi connectivity index (χ0) is 14.2. The van der Waals surface area contributed by atoms with Gasteiger partial charge in [-0.3, -0.25) is 0 Å². The first-order valence-corrected chi connectivity index (χ1v) is 5.39. The van der Waals surface area contributed by atoms with Crippen LogP contribution in [-0.4, -0.2) is 16.1 Å². The smallest absolute Gasteiger partial charge is 0.416 e. The number of hydrogen-bond donors (Lipinski definition) is 2. The number of rotatable bonds is 2. The van der Waals surface area contributed by atoms with Crippen molar-refractivity contribution in [2.24, 2.45) is 0 Å². The molecule has 0 radical (unpaired) electrons. The van der Waals surface area contributed by atoms with Crippen LogP contribution in [0.4, 0.5) is 13.2 Å². The Labute approximate surface area is 106 Å². The second-order valence-corrected chi connectivity index (χ2v) is 4.12. The molecule has 2 aromatic rings. The second kappa shape index (κ2) is 4.46. The number of aryl methyl sites for hydroxylation is 1. The Hall–Kier alpha value is -2.24. The molecule has 2 rings (SSSR count). The van der Waals surface area contributed by atoms with E-state index in [-0.39, 0.29) is 16.8 Å². The highest BCUT2D eigenvalue weighted by Gasteiger charge is 2.30. The van der Waals surface area contributed by atoms with E-state index in [2.05, 4.69) is 4.98 Å². The van der Waals surface area contributed by atoms with Crippen LogP contribution in [0.3, 0.4) is 0 Å². The van der Waals surface area contributed by atoms with Gasteiger partial charge in [-0.1, -0.05) is 12.1 Å². The van der Waals surface area contributed by atoms with Crippen molar-refractivity contribution in [1.29, 1.82) is 0 Å². The molecule has 0 aliphatic heterocycles. The number of aromatic nitrogens is 1. The number of nitrogens with one attached hydrogen (secondary N) is 1. The predicted octanol–water partition coefficient (Wildman–Crippen LogP) is 3.71. The molecule has 0 fully saturated rings. The molecule has 0 aliphatic rings. The van der Waals surface area contributed by atoms with Gasteiger partial charge in [-0.15, -0.1) is 0 Å². The van der Waals surface area contributed by atoms with E-state index in [0.29, 0.717) is 5.69 Å². The molecule has 19 heavy (non-hydrogen) atoms. The van der Waals surface area contributed by atoms with E-state index in [1.165, 1.54) is 18.2 Å². The average molecular weight is 269 g/mol. The molecule has 0 bridgehead atoms. The number of alkyl halides is 3. The number of benzene rings is 1. The van der Waals surface area contributed by atoms with Gasteiger partial charge in [-0.05, 0) is 30.7 Å². The van der Waals surface area contributed by atoms with Crippen molar-refractivity contribution in [1.82, 2.24) is 4.98 Å². The first-order valence-electron chi connectivity index (χ1n) is 5.39. The summed E-state index contributed by atoms with van der Waals surface area (Å²) < 4.78 is 37.9. The zero-order valence-electron chi connectivity index (χ0n) is 9.88. The summed E-state index contributed by atoms with van der Waals surface area (Å²) in [5.41, 5.74) is 0.0895. The predicted molar refractivity (Wildman–Crippen MR) is 62.9 cm³/mol. The Balaban J connectivity index is 2.57. The van der Waals surface area contributed by atoms with Crippen LogP contribution < -0.4 is 0 Å². The highest BCUT2D eigenvalue weighted by atomic mass is 19.4. The van der Waals surface area contributed by atoms with Crippen LogP contribution in [0.25, 0.3) is 11.3 Å². The van der Waals surface area contributed by atoms with Gasteiger partial charge in [0.2, 0.25) is 0 Å². The van der Waals surface area contributed by atoms with Gasteiger partial charge in [-0.25, -0.2) is 4.79 Å². The molecule has 0 aliphatic carbocycles. The van der Waals surface area contributed by atoms with Gasteiger partial charge in [0, 0.05) is 5.69 Å². The van der Waals surface area contributed by atoms with Gasteiger partial charge in [0.05, 0.1) is 16.8 Å². The Morgan fingerprint density at radius 1 is 1.26 bits per heavy atom. The summed E-state index contributed by atoms with van der Waals surface area (Å²) >= 11 is 0. The lowest BCUT2D eigenvalue weighted by molar-refractivity contribution is -0.137. The second-order valence-electron chi connectivity index (χ2n) is 4.12. The molecule has 1 heterocycles. The Kier molecular flexibility index (Phi) is 3.09. The Morgan fingerprint density at radius 3 is 2.53 bits per heavy atom. The third kappa shape index (κ3) is 2.62. The SMILES string of the molecule is Cc1cc(C(=O)O)c(-c2cccc(C(F)(F)F)c2)[nH]1. The monoisotopic (exact) mass is 269 g/mol. The van der Waals surface area contributed by atoms with Gasteiger partial charge in [-0.2, -0.15) is 13.2 Å². The highest BCUT2D eigenvalue weighted by Crippen LogP contribution is 2.33. The number of aromatic amines is 1. The lowest BCUT2D eigenvalue weighted by Crippen LogP contribution is -2.05. The van der Waals surface area contributed by atoms with Crippen LogP contribution in [0, 0.1) is 6.92 Å². The molecule has 1 aromatic heterocycles. The zero-order valence-corrected chi connectivity index (χ0v) is 9.88. The van der Waals surface area contributed by atoms with Crippen molar-refractivity contribution >= 4 is 5.97 Å². The third-order valence-electron chi connectivity index (χ3n) is 2.66. The summed E-state index contributed by atoms with van der Waals surface area (Å²) in [6, 6.07) is 5.95. The number of carboxylic acid groups (broad SMARTS) is 1. The number of hydrogen-bond acceptors (Lipinski definition) is 1. The van der Waals surface area contributed by atoms with Crippen molar-refractivity contribution in [3.63, 3.8) is 0 Å². The molecule has 0 unspecified atom stereocenters. The van der Waals surface area contributed by atoms with Crippen LogP contribution in [0.5, 0.6) is 0 Å². The van der Waals surface area contributed by atoms with Crippen LogP contribution in [0.1, 0.15) is 21.6 Å². The fourth-order valence-electron chi connectivity index (χ4n) is 1.84. The molecular formula is C13H10F3NO2. The van der Waals surface area contributed by atoms with E-state index in [4.69, 9.17) is 5.11 Å². The fraction of sp³-hybridized carbons (Fsp3) is 0.154. The summed E-state index contributed by atoms with van der Waals surface area (Å²) in [5.74, 6) is -1.18. The maximum atomic E-state index is 12.6. The minimum Gasteiger partial charge on any atom is -0.478 e. The van der Waals surface area contributed by atoms with E-state index in [9.17, 15) is 18.0 Å². The number of halogens is 3. The number of carbonyl (C=O) groups is 1. The summed E-state index contributed by atoms with van der Waals surface area (Å²) in [4.78, 5) is 13.8. The highest BCUT2D eigenvalue weighted by molar-refractivity contribution is 5.95. The quantitative estimate of drug-likeness (QED) is 0.873. The average Bonchev–Trinajstić information content (AvgIpc) is 2.71. The number of aromatic carboxylic acids is 1. The van der Waals surface area contributed by atoms with Crippen LogP contribution >= 0.6 is 0 Å². The summed E-state index contributed by atoms with van der Waals surface area (Å²) in [7, 11) is 0. The molecule has 0 saturated carbocycles. The van der Waals surface area contributed by atoms with E-state index < -0.39 is 17.7 Å². The fourth-order valence-corrected chi connectivity index (χ4v) is 1.84. The van der Waals surface area contributed by atoms with E-state index in [1.807, 2.05) is 0 Å². The van der Waals surface area contributed by atoms with Gasteiger partial charge >= 0.3 is 12.1 Å². The number of H-pyrrole nitrogens is 1. The maximum absolute atomic E-state index is 12.6. The minimum atomic E-state index is -4.46. The summed E-state index contributed by atoms with van der Waals surface area (Å²) in [6.45, 7) is 1.64. The van der Waals surface area contributed by atoms with Crippen LogP contribution in [0.2, 0.25) is 0 Å². The molecule has 2 N–H and O–H groups in total. The van der Waals surface area contributed by atoms with Gasteiger partial charge in [0.25, 0.3) is 0 Å². The first-order chi connectivity index (χ1) is 8.79. The van der Waals surface area contributed by atoms with Crippen molar-refractivity contribution in [3.05, 3.63) is 47.2 Å². The lowest BCUT2D eigenvalue weighted by Gasteiger charge is -2.08. The number of carboxylic acids is 1. The molecule has 0 spiro atoms. The molecule has 0 saturated heterocycles. The minimum absolute atomic E-state index is 0.0446. The Morgan fingerprint density at radius 2 is 1.95 bits per heavy atom. The summed E-state index contributed by atoms with van der Waals surface area (Å²) in [5, 5.41) is 9.03. The molecule has 1 aromatic carbocycles. The van der Waals surface area contributed by atoms with E-state index >= 15 is 0 Å². The summed E-state index contributed by atoms with van der Waals surface area (Å²) in [6.07, 6.45) is -4.46. The van der Waals surface area contributed by atoms with Crippen LogP contribution in [-0.2, 0) is 6.18 Å². The molecule has 100 valence electrons. The van der Waals surface area contributed by atoms with Gasteiger partial charge in [0.1, 0.15) is 0 Å². The maximum Gasteiger partial charge on any atom is 0.416 e. The first kappa shape index (κ1) is 13.2. The molecule has 3 nitrogen and oxygen atoms in total. The molecule has 0 atom stereocenters. The molecular weight excluding hydrogens is 259 g/mol. The largest absolute Gasteiger partial charge is 0.478 e. The van der Waals surface area contributed by atoms with Crippen molar-refractivity contribution in [3.8, 4) is 11.3 Å². The Bertz CT molecular complexity index is 629. The topological polar surface area (TPSA) is 53.1 Å². The van der Waals surface area contributed by atoms with Gasteiger partial charge < -0.3 is 10.1 Å². The molecule has 6 heteroatoms. The lowest BCUT2D eigenvalue weighted by atomic mass is 10.0. The normalized spacial score (nSPS) is 11.6. The van der Waals surface area contributed by atoms with Crippen LogP contribution in [0.15, 0.2) is 30.3 Å².